The van der Waals surface area contributed by atoms with E-state index in [2.05, 4.69) is 20.5 Å². The van der Waals surface area contributed by atoms with Crippen LogP contribution < -0.4 is 5.32 Å². The second-order valence-electron chi connectivity index (χ2n) is 5.42. The molecule has 6 heteroatoms. The lowest BCUT2D eigenvalue weighted by Crippen LogP contribution is -2.39. The molecule has 6 nitrogen and oxygen atoms in total. The molecule has 0 aliphatic rings. The molecular weight excluding hydrogens is 304 g/mol. The third-order valence-electron chi connectivity index (χ3n) is 3.63. The van der Waals surface area contributed by atoms with Crippen LogP contribution in [0.4, 0.5) is 0 Å². The normalized spacial score (nSPS) is 11.9. The molecule has 1 unspecified atom stereocenters. The number of H-pyrrole nitrogens is 1. The summed E-state index contributed by atoms with van der Waals surface area (Å²) in [6, 6.07) is 16.5. The molecule has 2 heterocycles. The van der Waals surface area contributed by atoms with Gasteiger partial charge in [0.05, 0.1) is 18.3 Å². The Morgan fingerprint density at radius 3 is 2.62 bits per heavy atom. The summed E-state index contributed by atoms with van der Waals surface area (Å²) < 4.78 is 0. The number of carbonyl (C=O) groups is 1. The molecule has 0 radical (unpaired) electrons. The molecule has 3 N–H and O–H groups in total. The van der Waals surface area contributed by atoms with E-state index in [0.29, 0.717) is 23.5 Å². The summed E-state index contributed by atoms with van der Waals surface area (Å²) in [4.78, 5) is 16.5. The summed E-state index contributed by atoms with van der Waals surface area (Å²) >= 11 is 0. The minimum Gasteiger partial charge on any atom is -0.394 e. The zero-order valence-corrected chi connectivity index (χ0v) is 13.0. The fraction of sp³-hybridized carbons (Fsp3) is 0.167. The van der Waals surface area contributed by atoms with Gasteiger partial charge in [0.15, 0.2) is 0 Å². The van der Waals surface area contributed by atoms with Gasteiger partial charge in [0.25, 0.3) is 5.91 Å². The number of benzene rings is 1. The average molecular weight is 322 g/mol. The molecule has 0 aliphatic heterocycles. The Labute approximate surface area is 139 Å². The Hall–Kier alpha value is -2.99. The number of rotatable bonds is 6. The maximum absolute atomic E-state index is 12.3. The fourth-order valence-corrected chi connectivity index (χ4v) is 2.41. The number of pyridine rings is 1. The van der Waals surface area contributed by atoms with Gasteiger partial charge in [0.1, 0.15) is 11.4 Å². The molecule has 0 spiro atoms. The van der Waals surface area contributed by atoms with E-state index < -0.39 is 0 Å². The third kappa shape index (κ3) is 3.85. The molecule has 0 fully saturated rings. The van der Waals surface area contributed by atoms with Gasteiger partial charge in [-0.05, 0) is 30.2 Å². The van der Waals surface area contributed by atoms with Crippen molar-refractivity contribution in [2.75, 3.05) is 6.61 Å². The molecule has 0 saturated heterocycles. The lowest BCUT2D eigenvalue weighted by Gasteiger charge is -2.15. The standard InChI is InChI=1S/C18H18N4O2/c23-12-14(10-13-6-2-1-3-7-13)20-18(24)17-11-16(21-22-17)15-8-4-5-9-19-15/h1-9,11,14,23H,10,12H2,(H,20,24)(H,21,22). The number of aliphatic hydroxyl groups is 1. The molecule has 1 atom stereocenters. The second-order valence-corrected chi connectivity index (χ2v) is 5.42. The number of aromatic nitrogens is 3. The maximum atomic E-state index is 12.3. The summed E-state index contributed by atoms with van der Waals surface area (Å²) in [5.41, 5.74) is 2.68. The minimum absolute atomic E-state index is 0.137. The lowest BCUT2D eigenvalue weighted by atomic mass is 10.1. The predicted octanol–water partition coefficient (Wildman–Crippen LogP) is 1.81. The zero-order valence-electron chi connectivity index (χ0n) is 13.0. The highest BCUT2D eigenvalue weighted by Crippen LogP contribution is 2.14. The Bertz CT molecular complexity index is 787. The second kappa shape index (κ2) is 7.52. The van der Waals surface area contributed by atoms with Crippen LogP contribution in [0.3, 0.4) is 0 Å². The van der Waals surface area contributed by atoms with E-state index in [1.54, 1.807) is 12.3 Å². The summed E-state index contributed by atoms with van der Waals surface area (Å²) in [7, 11) is 0. The van der Waals surface area contributed by atoms with Crippen LogP contribution in [0, 0.1) is 0 Å². The molecule has 0 saturated carbocycles. The van der Waals surface area contributed by atoms with Crippen molar-refractivity contribution >= 4 is 5.91 Å². The molecule has 122 valence electrons. The van der Waals surface area contributed by atoms with Gasteiger partial charge >= 0.3 is 0 Å². The van der Waals surface area contributed by atoms with Gasteiger partial charge in [-0.25, -0.2) is 0 Å². The van der Waals surface area contributed by atoms with Crippen LogP contribution >= 0.6 is 0 Å². The predicted molar refractivity (Wildman–Crippen MR) is 90.3 cm³/mol. The average Bonchev–Trinajstić information content (AvgIpc) is 3.13. The van der Waals surface area contributed by atoms with Crippen molar-refractivity contribution in [2.45, 2.75) is 12.5 Å². The monoisotopic (exact) mass is 322 g/mol. The first-order valence-corrected chi connectivity index (χ1v) is 7.68. The molecule has 2 aromatic heterocycles. The van der Waals surface area contributed by atoms with Gasteiger partial charge in [-0.15, -0.1) is 0 Å². The number of hydrogen-bond donors (Lipinski definition) is 3. The highest BCUT2D eigenvalue weighted by molar-refractivity contribution is 5.93. The highest BCUT2D eigenvalue weighted by atomic mass is 16.3. The van der Waals surface area contributed by atoms with Crippen molar-refractivity contribution in [3.63, 3.8) is 0 Å². The largest absolute Gasteiger partial charge is 0.394 e. The Kier molecular flexibility index (Phi) is 4.98. The van der Waals surface area contributed by atoms with Crippen molar-refractivity contribution in [1.82, 2.24) is 20.5 Å². The van der Waals surface area contributed by atoms with Crippen LogP contribution in [0.25, 0.3) is 11.4 Å². The number of carbonyl (C=O) groups excluding carboxylic acids is 1. The van der Waals surface area contributed by atoms with E-state index in [-0.39, 0.29) is 18.6 Å². The van der Waals surface area contributed by atoms with Crippen LogP contribution in [-0.2, 0) is 6.42 Å². The number of nitrogens with zero attached hydrogens (tertiary/aromatic N) is 2. The van der Waals surface area contributed by atoms with E-state index in [4.69, 9.17) is 0 Å². The van der Waals surface area contributed by atoms with Crippen LogP contribution in [0.15, 0.2) is 60.8 Å². The molecule has 24 heavy (non-hydrogen) atoms. The first-order valence-electron chi connectivity index (χ1n) is 7.68. The fourth-order valence-electron chi connectivity index (χ4n) is 2.41. The van der Waals surface area contributed by atoms with E-state index in [1.165, 1.54) is 0 Å². The van der Waals surface area contributed by atoms with E-state index >= 15 is 0 Å². The SMILES string of the molecule is O=C(NC(CO)Cc1ccccc1)c1cc(-c2ccccn2)n[nH]1. The topological polar surface area (TPSA) is 90.9 Å². The van der Waals surface area contributed by atoms with Crippen molar-refractivity contribution < 1.29 is 9.90 Å². The van der Waals surface area contributed by atoms with Crippen LogP contribution in [0.1, 0.15) is 16.1 Å². The quantitative estimate of drug-likeness (QED) is 0.645. The Morgan fingerprint density at radius 2 is 1.92 bits per heavy atom. The van der Waals surface area contributed by atoms with Gasteiger partial charge in [-0.2, -0.15) is 5.10 Å². The summed E-state index contributed by atoms with van der Waals surface area (Å²) in [5, 5.41) is 19.2. The minimum atomic E-state index is -0.360. The first kappa shape index (κ1) is 15.9. The molecule has 3 rings (SSSR count). The Morgan fingerprint density at radius 1 is 1.12 bits per heavy atom. The van der Waals surface area contributed by atoms with Crippen LogP contribution in [-0.4, -0.2) is 38.8 Å². The Balaban J connectivity index is 1.67. The maximum Gasteiger partial charge on any atom is 0.269 e. The number of nitrogens with one attached hydrogen (secondary N) is 2. The van der Waals surface area contributed by atoms with E-state index in [9.17, 15) is 9.90 Å². The number of aromatic amines is 1. The number of aliphatic hydroxyl groups excluding tert-OH is 1. The van der Waals surface area contributed by atoms with Crippen molar-refractivity contribution in [3.05, 3.63) is 72.1 Å². The van der Waals surface area contributed by atoms with Crippen LogP contribution in [0.5, 0.6) is 0 Å². The number of hydrogen-bond acceptors (Lipinski definition) is 4. The van der Waals surface area contributed by atoms with Gasteiger partial charge in [-0.1, -0.05) is 36.4 Å². The van der Waals surface area contributed by atoms with Gasteiger partial charge in [0.2, 0.25) is 0 Å². The van der Waals surface area contributed by atoms with Crippen molar-refractivity contribution in [2.24, 2.45) is 0 Å². The summed E-state index contributed by atoms with van der Waals surface area (Å²) in [6.45, 7) is -0.137. The van der Waals surface area contributed by atoms with Gasteiger partial charge in [-0.3, -0.25) is 14.9 Å². The van der Waals surface area contributed by atoms with Gasteiger partial charge < -0.3 is 10.4 Å². The molecule has 1 aromatic carbocycles. The molecule has 0 bridgehead atoms. The number of amides is 1. The molecule has 1 amide bonds. The van der Waals surface area contributed by atoms with E-state index in [0.717, 1.165) is 5.56 Å². The molecule has 3 aromatic rings. The summed E-state index contributed by atoms with van der Waals surface area (Å²) in [6.07, 6.45) is 2.23. The molecule has 0 aliphatic carbocycles. The highest BCUT2D eigenvalue weighted by Gasteiger charge is 2.16. The van der Waals surface area contributed by atoms with Crippen molar-refractivity contribution in [3.8, 4) is 11.4 Å². The van der Waals surface area contributed by atoms with Crippen molar-refractivity contribution in [1.29, 1.82) is 0 Å². The lowest BCUT2D eigenvalue weighted by molar-refractivity contribution is 0.0911. The smallest absolute Gasteiger partial charge is 0.269 e. The van der Waals surface area contributed by atoms with Gasteiger partial charge in [0, 0.05) is 6.20 Å². The van der Waals surface area contributed by atoms with Crippen LogP contribution in [0.2, 0.25) is 0 Å². The third-order valence-corrected chi connectivity index (χ3v) is 3.63. The molecular formula is C18H18N4O2. The summed E-state index contributed by atoms with van der Waals surface area (Å²) in [5.74, 6) is -0.306. The zero-order chi connectivity index (χ0) is 16.8. The van der Waals surface area contributed by atoms with E-state index in [1.807, 2.05) is 48.5 Å². The first-order chi connectivity index (χ1) is 11.8.